The number of methoxy groups -OCH3 is 1. The van der Waals surface area contributed by atoms with Crippen LogP contribution in [0.1, 0.15) is 25.3 Å². The van der Waals surface area contributed by atoms with Gasteiger partial charge in [0, 0.05) is 50.3 Å². The molecule has 22 heavy (non-hydrogen) atoms. The summed E-state index contributed by atoms with van der Waals surface area (Å²) in [5, 5.41) is 2.85. The van der Waals surface area contributed by atoms with Crippen LogP contribution >= 0.6 is 15.9 Å². The zero-order valence-corrected chi connectivity index (χ0v) is 14.9. The van der Waals surface area contributed by atoms with Gasteiger partial charge in [0.15, 0.2) is 0 Å². The van der Waals surface area contributed by atoms with E-state index in [4.69, 9.17) is 4.74 Å². The Labute approximate surface area is 140 Å². The molecule has 1 aromatic rings. The van der Waals surface area contributed by atoms with Gasteiger partial charge in [-0.3, -0.25) is 9.59 Å². The first kappa shape index (κ1) is 18.6. The number of carbonyl (C=O) groups excluding carboxylic acids is 2. The predicted molar refractivity (Wildman–Crippen MR) is 90.9 cm³/mol. The minimum atomic E-state index is -0.0975. The fourth-order valence-electron chi connectivity index (χ4n) is 2.01. The molecule has 0 heterocycles. The third kappa shape index (κ3) is 6.58. The van der Waals surface area contributed by atoms with E-state index in [-0.39, 0.29) is 18.2 Å². The Bertz CT molecular complexity index is 520. The molecule has 0 aromatic heterocycles. The lowest BCUT2D eigenvalue weighted by molar-refractivity contribution is -0.129. The lowest BCUT2D eigenvalue weighted by Crippen LogP contribution is -2.33. The molecule has 1 rings (SSSR count). The second-order valence-corrected chi connectivity index (χ2v) is 5.97. The fraction of sp³-hybridized carbons (Fsp3) is 0.500. The van der Waals surface area contributed by atoms with Crippen LogP contribution < -0.4 is 5.32 Å². The van der Waals surface area contributed by atoms with E-state index in [0.29, 0.717) is 19.7 Å². The van der Waals surface area contributed by atoms with Gasteiger partial charge < -0.3 is 15.0 Å². The van der Waals surface area contributed by atoms with Gasteiger partial charge in [0.1, 0.15) is 0 Å². The molecule has 0 aliphatic heterocycles. The van der Waals surface area contributed by atoms with Crippen molar-refractivity contribution < 1.29 is 14.3 Å². The van der Waals surface area contributed by atoms with Crippen molar-refractivity contribution in [3.05, 3.63) is 28.2 Å². The van der Waals surface area contributed by atoms with E-state index in [2.05, 4.69) is 21.2 Å². The second-order valence-electron chi connectivity index (χ2n) is 5.11. The van der Waals surface area contributed by atoms with Gasteiger partial charge in [0.2, 0.25) is 11.8 Å². The smallest absolute Gasteiger partial charge is 0.226 e. The topological polar surface area (TPSA) is 58.6 Å². The minimum Gasteiger partial charge on any atom is -0.385 e. The van der Waals surface area contributed by atoms with Crippen molar-refractivity contribution in [3.63, 3.8) is 0 Å². The van der Waals surface area contributed by atoms with Gasteiger partial charge in [-0.05, 0) is 37.1 Å². The normalized spacial score (nSPS) is 10.4. The summed E-state index contributed by atoms with van der Waals surface area (Å²) < 4.78 is 5.98. The first-order valence-corrected chi connectivity index (χ1v) is 8.03. The molecule has 0 aliphatic carbocycles. The Balaban J connectivity index is 2.45. The van der Waals surface area contributed by atoms with Crippen LogP contribution in [0, 0.1) is 6.92 Å². The SMILES string of the molecule is COCCCN(CCC(=O)Nc1ccc(Br)c(C)c1)C(C)=O. The Morgan fingerprint density at radius 2 is 2.05 bits per heavy atom. The fourth-order valence-corrected chi connectivity index (χ4v) is 2.26. The molecule has 122 valence electrons. The van der Waals surface area contributed by atoms with Crippen molar-refractivity contribution in [1.82, 2.24) is 4.90 Å². The average molecular weight is 371 g/mol. The molecule has 0 spiro atoms. The molecule has 6 heteroatoms. The lowest BCUT2D eigenvalue weighted by atomic mass is 10.2. The Morgan fingerprint density at radius 3 is 2.64 bits per heavy atom. The molecule has 0 saturated heterocycles. The number of carbonyl (C=O) groups is 2. The van der Waals surface area contributed by atoms with Crippen LogP contribution in [0.15, 0.2) is 22.7 Å². The molecule has 0 radical (unpaired) electrons. The van der Waals surface area contributed by atoms with E-state index in [1.54, 1.807) is 12.0 Å². The summed E-state index contributed by atoms with van der Waals surface area (Å²) in [7, 11) is 1.63. The number of halogens is 1. The monoisotopic (exact) mass is 370 g/mol. The van der Waals surface area contributed by atoms with Crippen molar-refractivity contribution >= 4 is 33.4 Å². The molecule has 1 aromatic carbocycles. The van der Waals surface area contributed by atoms with Gasteiger partial charge in [0.25, 0.3) is 0 Å². The molecule has 1 N–H and O–H groups in total. The Morgan fingerprint density at radius 1 is 1.32 bits per heavy atom. The molecule has 0 unspecified atom stereocenters. The highest BCUT2D eigenvalue weighted by Crippen LogP contribution is 2.20. The summed E-state index contributed by atoms with van der Waals surface area (Å²) in [6.45, 7) is 5.11. The molecule has 0 fully saturated rings. The zero-order valence-electron chi connectivity index (χ0n) is 13.3. The molecule has 0 atom stereocenters. The van der Waals surface area contributed by atoms with Crippen molar-refractivity contribution in [2.24, 2.45) is 0 Å². The second kappa shape index (κ2) is 9.58. The summed E-state index contributed by atoms with van der Waals surface area (Å²) in [5.41, 5.74) is 1.82. The van der Waals surface area contributed by atoms with Gasteiger partial charge in [-0.2, -0.15) is 0 Å². The first-order chi connectivity index (χ1) is 10.4. The van der Waals surface area contributed by atoms with E-state index in [0.717, 1.165) is 22.1 Å². The minimum absolute atomic E-state index is 0.0246. The number of aryl methyl sites for hydroxylation is 1. The number of hydrogen-bond donors (Lipinski definition) is 1. The highest BCUT2D eigenvalue weighted by Gasteiger charge is 2.11. The number of ether oxygens (including phenoxy) is 1. The number of rotatable bonds is 8. The number of anilines is 1. The standard InChI is InChI=1S/C16H23BrN2O3/c1-12-11-14(5-6-15(12)17)18-16(21)7-9-19(13(2)20)8-4-10-22-3/h5-6,11H,4,7-10H2,1-3H3,(H,18,21). The van der Waals surface area contributed by atoms with Crippen molar-refractivity contribution in [2.45, 2.75) is 26.7 Å². The molecular weight excluding hydrogens is 348 g/mol. The number of hydrogen-bond acceptors (Lipinski definition) is 3. The third-order valence-corrected chi connectivity index (χ3v) is 4.16. The molecule has 5 nitrogen and oxygen atoms in total. The van der Waals surface area contributed by atoms with Gasteiger partial charge in [0.05, 0.1) is 0 Å². The first-order valence-electron chi connectivity index (χ1n) is 7.24. The van der Waals surface area contributed by atoms with Crippen LogP contribution in [-0.2, 0) is 14.3 Å². The van der Waals surface area contributed by atoms with Gasteiger partial charge in [-0.1, -0.05) is 15.9 Å². The Hall–Kier alpha value is -1.40. The van der Waals surface area contributed by atoms with E-state index < -0.39 is 0 Å². The summed E-state index contributed by atoms with van der Waals surface area (Å²) >= 11 is 3.42. The number of nitrogens with one attached hydrogen (secondary N) is 1. The van der Waals surface area contributed by atoms with Gasteiger partial charge >= 0.3 is 0 Å². The number of amides is 2. The third-order valence-electron chi connectivity index (χ3n) is 3.27. The highest BCUT2D eigenvalue weighted by molar-refractivity contribution is 9.10. The summed E-state index contributed by atoms with van der Waals surface area (Å²) in [6, 6.07) is 5.65. The average Bonchev–Trinajstić information content (AvgIpc) is 2.46. The number of benzene rings is 1. The highest BCUT2D eigenvalue weighted by atomic mass is 79.9. The molecular formula is C16H23BrN2O3. The zero-order chi connectivity index (χ0) is 16.5. The van der Waals surface area contributed by atoms with E-state index >= 15 is 0 Å². The number of nitrogens with zero attached hydrogens (tertiary/aromatic N) is 1. The van der Waals surface area contributed by atoms with Crippen LogP contribution in [0.2, 0.25) is 0 Å². The Kier molecular flexibility index (Phi) is 8.12. The molecule has 2 amide bonds. The predicted octanol–water partition coefficient (Wildman–Crippen LogP) is 2.97. The van der Waals surface area contributed by atoms with Crippen LogP contribution in [-0.4, -0.2) is 43.5 Å². The molecule has 0 saturated carbocycles. The van der Waals surface area contributed by atoms with Gasteiger partial charge in [-0.25, -0.2) is 0 Å². The summed E-state index contributed by atoms with van der Waals surface area (Å²) in [6.07, 6.45) is 1.05. The van der Waals surface area contributed by atoms with Crippen LogP contribution in [0.25, 0.3) is 0 Å². The van der Waals surface area contributed by atoms with Crippen LogP contribution in [0.4, 0.5) is 5.69 Å². The largest absolute Gasteiger partial charge is 0.385 e. The van der Waals surface area contributed by atoms with Crippen LogP contribution in [0.5, 0.6) is 0 Å². The van der Waals surface area contributed by atoms with Crippen molar-refractivity contribution in [3.8, 4) is 0 Å². The summed E-state index contributed by atoms with van der Waals surface area (Å²) in [4.78, 5) is 25.2. The maximum atomic E-state index is 12.0. The van der Waals surface area contributed by atoms with E-state index in [1.165, 1.54) is 6.92 Å². The molecule has 0 aliphatic rings. The lowest BCUT2D eigenvalue weighted by Gasteiger charge is -2.20. The van der Waals surface area contributed by atoms with Gasteiger partial charge in [-0.15, -0.1) is 0 Å². The quantitative estimate of drug-likeness (QED) is 0.715. The van der Waals surface area contributed by atoms with Crippen molar-refractivity contribution in [2.75, 3.05) is 32.1 Å². The van der Waals surface area contributed by atoms with E-state index in [1.807, 2.05) is 25.1 Å². The maximum Gasteiger partial charge on any atom is 0.226 e. The van der Waals surface area contributed by atoms with Crippen LogP contribution in [0.3, 0.4) is 0 Å². The molecule has 0 bridgehead atoms. The maximum absolute atomic E-state index is 12.0. The van der Waals surface area contributed by atoms with E-state index in [9.17, 15) is 9.59 Å². The summed E-state index contributed by atoms with van der Waals surface area (Å²) in [5.74, 6) is -0.122. The van der Waals surface area contributed by atoms with Crippen molar-refractivity contribution in [1.29, 1.82) is 0 Å².